The normalized spacial score (nSPS) is 10.4. The minimum absolute atomic E-state index is 0.0620. The van der Waals surface area contributed by atoms with Crippen LogP contribution in [-0.2, 0) is 6.42 Å². The number of nitrogen functional groups attached to an aromatic ring is 1. The number of aromatic nitrogens is 1. The van der Waals surface area contributed by atoms with Crippen LogP contribution in [-0.4, -0.2) is 17.9 Å². The third-order valence-corrected chi connectivity index (χ3v) is 5.30. The highest BCUT2D eigenvalue weighted by atomic mass is 16.5. The van der Waals surface area contributed by atoms with Crippen molar-refractivity contribution in [3.8, 4) is 34.2 Å². The lowest BCUT2D eigenvalue weighted by Gasteiger charge is -2.18. The lowest BCUT2D eigenvalue weighted by atomic mass is 9.88. The molecule has 156 valence electrons. The highest BCUT2D eigenvalue weighted by Crippen LogP contribution is 2.37. The number of ether oxygens (including phenoxy) is 1. The van der Waals surface area contributed by atoms with Gasteiger partial charge in [-0.25, -0.2) is 4.98 Å². The van der Waals surface area contributed by atoms with Gasteiger partial charge in [0.05, 0.1) is 12.8 Å². The summed E-state index contributed by atoms with van der Waals surface area (Å²) in [7, 11) is 1.60. The maximum absolute atomic E-state index is 13.2. The first-order chi connectivity index (χ1) is 15.6. The molecule has 0 bridgehead atoms. The summed E-state index contributed by atoms with van der Waals surface area (Å²) in [5, 5.41) is 9.89. The van der Waals surface area contributed by atoms with E-state index in [0.717, 1.165) is 11.1 Å². The van der Waals surface area contributed by atoms with Crippen LogP contribution < -0.4 is 10.5 Å². The Hall–Kier alpha value is -4.43. The zero-order valence-electron chi connectivity index (χ0n) is 17.6. The fourth-order valence-electron chi connectivity index (χ4n) is 3.72. The molecule has 0 atom stereocenters. The van der Waals surface area contributed by atoms with Crippen LogP contribution in [0.4, 0.5) is 5.82 Å². The average molecular weight is 419 g/mol. The molecule has 0 unspecified atom stereocenters. The molecule has 0 radical (unpaired) electrons. The van der Waals surface area contributed by atoms with Crippen LogP contribution in [0.25, 0.3) is 22.4 Å². The Bertz CT molecular complexity index is 1290. The predicted octanol–water partition coefficient (Wildman–Crippen LogP) is 5.30. The summed E-state index contributed by atoms with van der Waals surface area (Å²) in [6, 6.07) is 28.2. The Morgan fingerprint density at radius 2 is 1.56 bits per heavy atom. The van der Waals surface area contributed by atoms with Gasteiger partial charge < -0.3 is 10.5 Å². The number of anilines is 1. The van der Waals surface area contributed by atoms with Crippen molar-refractivity contribution in [1.82, 2.24) is 4.98 Å². The second kappa shape index (κ2) is 9.15. The van der Waals surface area contributed by atoms with Crippen molar-refractivity contribution in [3.05, 3.63) is 102 Å². The molecule has 1 aromatic heterocycles. The zero-order chi connectivity index (χ0) is 22.5. The van der Waals surface area contributed by atoms with E-state index in [1.165, 1.54) is 0 Å². The van der Waals surface area contributed by atoms with Crippen molar-refractivity contribution < 1.29 is 9.53 Å². The molecular formula is C27H21N3O2. The average Bonchev–Trinajstić information content (AvgIpc) is 2.85. The van der Waals surface area contributed by atoms with Crippen LogP contribution >= 0.6 is 0 Å². The SMILES string of the molecule is COc1ccc(-c2nc(N)c(C#N)c(-c3ccccc3)c2CC(=O)c2ccccc2)cc1. The molecule has 0 amide bonds. The van der Waals surface area contributed by atoms with Crippen molar-refractivity contribution in [2.75, 3.05) is 12.8 Å². The highest BCUT2D eigenvalue weighted by Gasteiger charge is 2.23. The molecule has 1 heterocycles. The first-order valence-electron chi connectivity index (χ1n) is 10.1. The summed E-state index contributed by atoms with van der Waals surface area (Å²) >= 11 is 0. The number of hydrogen-bond donors (Lipinski definition) is 1. The molecule has 0 saturated carbocycles. The van der Waals surface area contributed by atoms with Gasteiger partial charge in [0, 0.05) is 23.1 Å². The van der Waals surface area contributed by atoms with Crippen molar-refractivity contribution >= 4 is 11.6 Å². The first kappa shape index (κ1) is 20.8. The zero-order valence-corrected chi connectivity index (χ0v) is 17.6. The molecule has 0 aliphatic carbocycles. The van der Waals surface area contributed by atoms with E-state index in [0.29, 0.717) is 28.1 Å². The Balaban J connectivity index is 1.97. The van der Waals surface area contributed by atoms with E-state index in [1.54, 1.807) is 19.2 Å². The Labute approximate surface area is 186 Å². The van der Waals surface area contributed by atoms with Gasteiger partial charge in [-0.15, -0.1) is 0 Å². The minimum atomic E-state index is -0.0620. The summed E-state index contributed by atoms with van der Waals surface area (Å²) < 4.78 is 5.27. The number of ketones is 1. The number of Topliss-reactive ketones (excluding diaryl/α,β-unsaturated/α-hetero) is 1. The van der Waals surface area contributed by atoms with Gasteiger partial charge >= 0.3 is 0 Å². The summed E-state index contributed by atoms with van der Waals surface area (Å²) in [6.45, 7) is 0. The van der Waals surface area contributed by atoms with E-state index in [9.17, 15) is 10.1 Å². The van der Waals surface area contributed by atoms with Gasteiger partial charge in [-0.3, -0.25) is 4.79 Å². The van der Waals surface area contributed by atoms with Gasteiger partial charge in [0.25, 0.3) is 0 Å². The van der Waals surface area contributed by atoms with Crippen LogP contribution in [0.15, 0.2) is 84.9 Å². The number of carbonyl (C=O) groups excluding carboxylic acids is 1. The van der Waals surface area contributed by atoms with Crippen molar-refractivity contribution in [2.24, 2.45) is 0 Å². The van der Waals surface area contributed by atoms with Crippen LogP contribution in [0.3, 0.4) is 0 Å². The van der Waals surface area contributed by atoms with Gasteiger partial charge in [-0.05, 0) is 35.4 Å². The summed E-state index contributed by atoms with van der Waals surface area (Å²) in [6.07, 6.45) is 0.0809. The quantitative estimate of drug-likeness (QED) is 0.428. The number of nitrogens with zero attached hydrogens (tertiary/aromatic N) is 2. The smallest absolute Gasteiger partial charge is 0.167 e. The fraction of sp³-hybridized carbons (Fsp3) is 0.0741. The van der Waals surface area contributed by atoms with Gasteiger partial charge in [-0.2, -0.15) is 5.26 Å². The van der Waals surface area contributed by atoms with Crippen molar-refractivity contribution in [3.63, 3.8) is 0 Å². The number of methoxy groups -OCH3 is 1. The maximum atomic E-state index is 13.2. The lowest BCUT2D eigenvalue weighted by Crippen LogP contribution is -2.11. The molecule has 0 saturated heterocycles. The Kier molecular flexibility index (Phi) is 5.96. The Morgan fingerprint density at radius 1 is 0.938 bits per heavy atom. The van der Waals surface area contributed by atoms with Crippen molar-refractivity contribution in [2.45, 2.75) is 6.42 Å². The number of benzene rings is 3. The van der Waals surface area contributed by atoms with Gasteiger partial charge in [0.15, 0.2) is 5.78 Å². The molecule has 5 heteroatoms. The molecule has 4 rings (SSSR count). The number of carbonyl (C=O) groups is 1. The highest BCUT2D eigenvalue weighted by molar-refractivity contribution is 6.00. The number of nitrogens with two attached hydrogens (primary N) is 1. The lowest BCUT2D eigenvalue weighted by molar-refractivity contribution is 0.0993. The van der Waals surface area contributed by atoms with E-state index in [-0.39, 0.29) is 23.6 Å². The van der Waals surface area contributed by atoms with E-state index in [4.69, 9.17) is 10.5 Å². The van der Waals surface area contributed by atoms with E-state index in [1.807, 2.05) is 72.8 Å². The summed E-state index contributed by atoms with van der Waals surface area (Å²) in [5.41, 5.74) is 10.6. The molecule has 3 aromatic carbocycles. The molecule has 32 heavy (non-hydrogen) atoms. The first-order valence-corrected chi connectivity index (χ1v) is 10.1. The number of rotatable bonds is 6. The predicted molar refractivity (Wildman–Crippen MR) is 125 cm³/mol. The number of nitriles is 1. The van der Waals surface area contributed by atoms with Crippen LogP contribution in [0.2, 0.25) is 0 Å². The van der Waals surface area contributed by atoms with Crippen LogP contribution in [0, 0.1) is 11.3 Å². The molecule has 2 N–H and O–H groups in total. The summed E-state index contributed by atoms with van der Waals surface area (Å²) in [4.78, 5) is 17.8. The van der Waals surface area contributed by atoms with E-state index >= 15 is 0 Å². The third kappa shape index (κ3) is 4.07. The van der Waals surface area contributed by atoms with Crippen LogP contribution in [0.1, 0.15) is 21.5 Å². The molecular weight excluding hydrogens is 398 g/mol. The third-order valence-electron chi connectivity index (χ3n) is 5.30. The largest absolute Gasteiger partial charge is 0.497 e. The van der Waals surface area contributed by atoms with Gasteiger partial charge in [0.1, 0.15) is 23.2 Å². The monoisotopic (exact) mass is 419 g/mol. The van der Waals surface area contributed by atoms with Crippen molar-refractivity contribution in [1.29, 1.82) is 5.26 Å². The van der Waals surface area contributed by atoms with Gasteiger partial charge in [0.2, 0.25) is 0 Å². The molecule has 0 aliphatic rings. The fourth-order valence-corrected chi connectivity index (χ4v) is 3.72. The number of hydrogen-bond acceptors (Lipinski definition) is 5. The Morgan fingerprint density at radius 3 is 2.16 bits per heavy atom. The standard InChI is InChI=1S/C27H21N3O2/c1-32-21-14-12-20(13-15-21)26-22(16-24(31)18-8-4-2-5-9-18)25(19-10-6-3-7-11-19)23(17-28)27(29)30-26/h2-15H,16H2,1H3,(H2,29,30). The van der Waals surface area contributed by atoms with Crippen LogP contribution in [0.5, 0.6) is 5.75 Å². The molecule has 4 aromatic rings. The second-order valence-electron chi connectivity index (χ2n) is 7.25. The second-order valence-corrected chi connectivity index (χ2v) is 7.25. The van der Waals surface area contributed by atoms with E-state index < -0.39 is 0 Å². The number of pyridine rings is 1. The summed E-state index contributed by atoms with van der Waals surface area (Å²) in [5.74, 6) is 0.779. The minimum Gasteiger partial charge on any atom is -0.497 e. The molecule has 0 aliphatic heterocycles. The topological polar surface area (TPSA) is 89.0 Å². The van der Waals surface area contributed by atoms with E-state index in [2.05, 4.69) is 11.1 Å². The molecule has 5 nitrogen and oxygen atoms in total. The molecule has 0 fully saturated rings. The van der Waals surface area contributed by atoms with Gasteiger partial charge in [-0.1, -0.05) is 60.7 Å². The molecule has 0 spiro atoms. The maximum Gasteiger partial charge on any atom is 0.167 e.